The zero-order valence-corrected chi connectivity index (χ0v) is 14.5. The summed E-state index contributed by atoms with van der Waals surface area (Å²) in [5.41, 5.74) is 5.95. The van der Waals surface area contributed by atoms with Crippen LogP contribution in [0.3, 0.4) is 0 Å². The Hall–Kier alpha value is -3.08. The number of para-hydroxylation sites is 1. The minimum atomic E-state index is -0.323. The molecule has 25 heavy (non-hydrogen) atoms. The van der Waals surface area contributed by atoms with Gasteiger partial charge in [0.15, 0.2) is 12.4 Å². The predicted octanol–water partition coefficient (Wildman–Crippen LogP) is 3.97. The molecule has 3 rings (SSSR count). The molecule has 0 aliphatic heterocycles. The van der Waals surface area contributed by atoms with Crippen molar-refractivity contribution in [1.29, 1.82) is 0 Å². The van der Waals surface area contributed by atoms with E-state index in [-0.39, 0.29) is 12.5 Å². The molecule has 0 spiro atoms. The summed E-state index contributed by atoms with van der Waals surface area (Å²) in [6.45, 7) is 5.61. The first kappa shape index (κ1) is 16.8. The van der Waals surface area contributed by atoms with Crippen molar-refractivity contribution in [2.75, 3.05) is 6.61 Å². The van der Waals surface area contributed by atoms with Gasteiger partial charge in [-0.2, -0.15) is 5.10 Å². The molecule has 1 N–H and O–H groups in total. The molecular weight excluding hydrogens is 316 g/mol. The summed E-state index contributed by atoms with van der Waals surface area (Å²) in [5.74, 6) is 1.00. The number of carbonyl (C=O) groups is 1. The van der Waals surface area contributed by atoms with Gasteiger partial charge in [0.25, 0.3) is 5.91 Å². The molecule has 0 saturated carbocycles. The summed E-state index contributed by atoms with van der Waals surface area (Å²) in [5, 5.41) is 5.08. The second kappa shape index (κ2) is 7.21. The molecule has 0 saturated heterocycles. The summed E-state index contributed by atoms with van der Waals surface area (Å²) in [6, 6.07) is 15.5. The van der Waals surface area contributed by atoms with Gasteiger partial charge in [0, 0.05) is 5.39 Å². The minimum absolute atomic E-state index is 0.0960. The van der Waals surface area contributed by atoms with Gasteiger partial charge in [-0.1, -0.05) is 30.3 Å². The first-order valence-corrected chi connectivity index (χ1v) is 8.05. The Morgan fingerprint density at radius 3 is 2.76 bits per heavy atom. The second-order valence-corrected chi connectivity index (χ2v) is 5.94. The molecule has 5 heteroatoms. The van der Waals surface area contributed by atoms with Crippen LogP contribution < -0.4 is 10.2 Å². The number of carbonyl (C=O) groups excluding carboxylic acids is 1. The number of benzene rings is 2. The van der Waals surface area contributed by atoms with Crippen LogP contribution in [0, 0.1) is 13.8 Å². The molecule has 1 heterocycles. The van der Waals surface area contributed by atoms with Crippen LogP contribution in [-0.4, -0.2) is 18.2 Å². The average molecular weight is 336 g/mol. The molecule has 0 atom stereocenters. The number of amides is 1. The second-order valence-electron chi connectivity index (χ2n) is 5.94. The molecule has 2 aromatic carbocycles. The summed E-state index contributed by atoms with van der Waals surface area (Å²) in [6.07, 6.45) is 0. The molecule has 0 aliphatic rings. The van der Waals surface area contributed by atoms with Crippen LogP contribution in [0.4, 0.5) is 0 Å². The third-order valence-electron chi connectivity index (χ3n) is 3.83. The maximum atomic E-state index is 11.9. The Morgan fingerprint density at radius 1 is 1.16 bits per heavy atom. The lowest BCUT2D eigenvalue weighted by Crippen LogP contribution is -2.25. The van der Waals surface area contributed by atoms with E-state index in [1.165, 1.54) is 0 Å². The van der Waals surface area contributed by atoms with E-state index in [4.69, 9.17) is 9.15 Å². The number of furan rings is 1. The van der Waals surface area contributed by atoms with E-state index in [0.29, 0.717) is 17.2 Å². The Morgan fingerprint density at radius 2 is 1.96 bits per heavy atom. The van der Waals surface area contributed by atoms with Gasteiger partial charge in [-0.05, 0) is 50.1 Å². The van der Waals surface area contributed by atoms with Gasteiger partial charge in [-0.3, -0.25) is 4.79 Å². The zero-order valence-electron chi connectivity index (χ0n) is 14.5. The molecule has 0 fully saturated rings. The number of nitrogens with zero attached hydrogens (tertiary/aromatic N) is 1. The van der Waals surface area contributed by atoms with E-state index < -0.39 is 0 Å². The van der Waals surface area contributed by atoms with Crippen LogP contribution in [0.1, 0.15) is 23.8 Å². The number of ether oxygens (including phenoxy) is 1. The van der Waals surface area contributed by atoms with E-state index >= 15 is 0 Å². The Bertz CT molecular complexity index is 908. The number of rotatable bonds is 5. The molecule has 0 radical (unpaired) electrons. The normalized spacial score (nSPS) is 11.6. The lowest BCUT2D eigenvalue weighted by Gasteiger charge is -2.09. The summed E-state index contributed by atoms with van der Waals surface area (Å²) < 4.78 is 11.3. The lowest BCUT2D eigenvalue weighted by molar-refractivity contribution is -0.123. The van der Waals surface area contributed by atoms with Crippen molar-refractivity contribution in [3.05, 3.63) is 65.4 Å². The van der Waals surface area contributed by atoms with Crippen molar-refractivity contribution in [1.82, 2.24) is 5.43 Å². The molecular formula is C20H20N2O3. The van der Waals surface area contributed by atoms with Gasteiger partial charge >= 0.3 is 0 Å². The molecule has 5 nitrogen and oxygen atoms in total. The van der Waals surface area contributed by atoms with Crippen molar-refractivity contribution in [3.63, 3.8) is 0 Å². The van der Waals surface area contributed by atoms with Gasteiger partial charge < -0.3 is 9.15 Å². The lowest BCUT2D eigenvalue weighted by atomic mass is 10.1. The molecule has 128 valence electrons. The molecule has 0 bridgehead atoms. The first-order valence-electron chi connectivity index (χ1n) is 8.05. The predicted molar refractivity (Wildman–Crippen MR) is 98.0 cm³/mol. The van der Waals surface area contributed by atoms with E-state index in [1.54, 1.807) is 6.92 Å². The quantitative estimate of drug-likeness (QED) is 0.566. The van der Waals surface area contributed by atoms with Crippen molar-refractivity contribution >= 4 is 22.6 Å². The highest BCUT2D eigenvalue weighted by atomic mass is 16.5. The molecule has 0 unspecified atom stereocenters. The van der Waals surface area contributed by atoms with Crippen LogP contribution in [0.5, 0.6) is 5.75 Å². The first-order chi connectivity index (χ1) is 12.0. The van der Waals surface area contributed by atoms with Gasteiger partial charge in [-0.15, -0.1) is 0 Å². The maximum Gasteiger partial charge on any atom is 0.277 e. The summed E-state index contributed by atoms with van der Waals surface area (Å²) in [4.78, 5) is 11.9. The van der Waals surface area contributed by atoms with Crippen molar-refractivity contribution in [3.8, 4) is 5.75 Å². The van der Waals surface area contributed by atoms with Gasteiger partial charge in [0.2, 0.25) is 0 Å². The van der Waals surface area contributed by atoms with Crippen molar-refractivity contribution in [2.24, 2.45) is 5.10 Å². The molecule has 3 aromatic rings. The minimum Gasteiger partial charge on any atom is -0.483 e. The number of fused-ring (bicyclic) bond motifs is 1. The van der Waals surface area contributed by atoms with E-state index in [1.807, 2.05) is 62.4 Å². The van der Waals surface area contributed by atoms with Gasteiger partial charge in [0.1, 0.15) is 17.0 Å². The summed E-state index contributed by atoms with van der Waals surface area (Å²) >= 11 is 0. The van der Waals surface area contributed by atoms with Crippen LogP contribution in [0.25, 0.3) is 11.0 Å². The van der Waals surface area contributed by atoms with E-state index in [0.717, 1.165) is 22.1 Å². The Balaban J connectivity index is 1.60. The van der Waals surface area contributed by atoms with Crippen LogP contribution in [-0.2, 0) is 4.79 Å². The highest BCUT2D eigenvalue weighted by molar-refractivity contribution is 6.00. The fraction of sp³-hybridized carbons (Fsp3) is 0.200. The highest BCUT2D eigenvalue weighted by Gasteiger charge is 2.08. The van der Waals surface area contributed by atoms with Crippen molar-refractivity contribution in [2.45, 2.75) is 20.8 Å². The number of hydrazone groups is 1. The monoisotopic (exact) mass is 336 g/mol. The van der Waals surface area contributed by atoms with Gasteiger partial charge in [0.05, 0.1) is 0 Å². The average Bonchev–Trinajstić information content (AvgIpc) is 3.04. The van der Waals surface area contributed by atoms with Crippen LogP contribution >= 0.6 is 0 Å². The maximum absolute atomic E-state index is 11.9. The van der Waals surface area contributed by atoms with Crippen LogP contribution in [0.15, 0.2) is 58.0 Å². The Labute approximate surface area is 146 Å². The SMILES string of the molecule is CC(=NNC(=O)COc1cc(C)ccc1C)c1cc2ccccc2o1. The number of aryl methyl sites for hydroxylation is 2. The summed E-state index contributed by atoms with van der Waals surface area (Å²) in [7, 11) is 0. The third-order valence-corrected chi connectivity index (χ3v) is 3.83. The standard InChI is InChI=1S/C20H20N2O3/c1-13-8-9-14(2)18(10-13)24-12-20(23)22-21-15(3)19-11-16-6-4-5-7-17(16)25-19/h4-11H,12H2,1-3H3,(H,22,23). The fourth-order valence-electron chi connectivity index (χ4n) is 2.40. The van der Waals surface area contributed by atoms with E-state index in [2.05, 4.69) is 10.5 Å². The number of hydrogen-bond acceptors (Lipinski definition) is 4. The number of hydrogen-bond donors (Lipinski definition) is 1. The molecule has 1 aromatic heterocycles. The van der Waals surface area contributed by atoms with Gasteiger partial charge in [-0.25, -0.2) is 5.43 Å². The number of nitrogens with one attached hydrogen (secondary N) is 1. The molecule has 0 aliphatic carbocycles. The molecule has 1 amide bonds. The fourth-order valence-corrected chi connectivity index (χ4v) is 2.40. The van der Waals surface area contributed by atoms with E-state index in [9.17, 15) is 4.79 Å². The third kappa shape index (κ3) is 4.07. The van der Waals surface area contributed by atoms with Crippen LogP contribution in [0.2, 0.25) is 0 Å². The zero-order chi connectivity index (χ0) is 17.8. The smallest absolute Gasteiger partial charge is 0.277 e. The largest absolute Gasteiger partial charge is 0.483 e. The topological polar surface area (TPSA) is 63.8 Å². The highest BCUT2D eigenvalue weighted by Crippen LogP contribution is 2.20. The Kier molecular flexibility index (Phi) is 4.84. The van der Waals surface area contributed by atoms with Crippen molar-refractivity contribution < 1.29 is 13.9 Å².